The number of hydrogen-bond donors (Lipinski definition) is 1. The van der Waals surface area contributed by atoms with Gasteiger partial charge in [0.05, 0.1) is 5.41 Å². The van der Waals surface area contributed by atoms with Gasteiger partial charge in [-0.15, -0.1) is 0 Å². The van der Waals surface area contributed by atoms with Crippen molar-refractivity contribution >= 4 is 16.9 Å². The van der Waals surface area contributed by atoms with Gasteiger partial charge in [0.15, 0.2) is 0 Å². The van der Waals surface area contributed by atoms with Crippen LogP contribution in [0.15, 0.2) is 99.6 Å². The summed E-state index contributed by atoms with van der Waals surface area (Å²) in [6, 6.07) is 29.0. The Morgan fingerprint density at radius 2 is 1.12 bits per heavy atom. The normalized spacial score (nSPS) is 11.7. The van der Waals surface area contributed by atoms with Crippen molar-refractivity contribution in [3.63, 3.8) is 0 Å². The molecule has 3 aromatic rings. The van der Waals surface area contributed by atoms with Crippen LogP contribution >= 0.6 is 10.9 Å². The van der Waals surface area contributed by atoms with Gasteiger partial charge in [-0.2, -0.15) is 10.9 Å². The molecule has 0 fully saturated rings. The Morgan fingerprint density at radius 1 is 0.692 bits per heavy atom. The molecule has 3 rings (SSSR count). The lowest BCUT2D eigenvalue weighted by molar-refractivity contribution is -0.142. The zero-order valence-corrected chi connectivity index (χ0v) is 16.2. The van der Waals surface area contributed by atoms with Crippen molar-refractivity contribution in [3.05, 3.63) is 84.9 Å². The molecule has 0 atom stereocenters. The van der Waals surface area contributed by atoms with Crippen molar-refractivity contribution in [1.29, 1.82) is 0 Å². The Labute approximate surface area is 158 Å². The van der Waals surface area contributed by atoms with Gasteiger partial charge in [-0.05, 0) is 84.0 Å². The molecule has 0 saturated carbocycles. The SMILES string of the molecule is CC(C)(C)C(=O)Oc1ccc([SH](c2ccccc2)c2ccccc2)cc1. The lowest BCUT2D eigenvalue weighted by Crippen LogP contribution is -2.25. The number of esters is 1. The maximum Gasteiger partial charge on any atom is 0.316 e. The van der Waals surface area contributed by atoms with Gasteiger partial charge in [0.2, 0.25) is 0 Å². The largest absolute Gasteiger partial charge is 0.426 e. The summed E-state index contributed by atoms with van der Waals surface area (Å²) in [6.45, 7) is 5.56. The molecule has 0 spiro atoms. The number of ether oxygens (including phenoxy) is 1. The van der Waals surface area contributed by atoms with Crippen LogP contribution in [0.5, 0.6) is 5.75 Å². The molecule has 0 saturated heterocycles. The second-order valence-corrected chi connectivity index (χ2v) is 9.36. The van der Waals surface area contributed by atoms with E-state index in [1.807, 2.05) is 45.0 Å². The van der Waals surface area contributed by atoms with E-state index in [0.29, 0.717) is 5.75 Å². The summed E-state index contributed by atoms with van der Waals surface area (Å²) in [5.41, 5.74) is -0.515. The molecule has 0 aliphatic rings. The van der Waals surface area contributed by atoms with Gasteiger partial charge in [0.25, 0.3) is 0 Å². The van der Waals surface area contributed by atoms with Crippen LogP contribution < -0.4 is 4.74 Å². The van der Waals surface area contributed by atoms with Gasteiger partial charge in [-0.3, -0.25) is 4.79 Å². The first kappa shape index (κ1) is 18.3. The van der Waals surface area contributed by atoms with Crippen molar-refractivity contribution in [1.82, 2.24) is 0 Å². The third-order valence-corrected chi connectivity index (χ3v) is 6.39. The van der Waals surface area contributed by atoms with Crippen LogP contribution in [0.1, 0.15) is 20.8 Å². The molecular formula is C23H24O2S. The third-order valence-electron chi connectivity index (χ3n) is 3.95. The van der Waals surface area contributed by atoms with Crippen molar-refractivity contribution in [2.24, 2.45) is 5.41 Å². The van der Waals surface area contributed by atoms with Crippen molar-refractivity contribution in [3.8, 4) is 5.75 Å². The Balaban J connectivity index is 1.92. The van der Waals surface area contributed by atoms with E-state index in [0.717, 1.165) is 0 Å². The van der Waals surface area contributed by atoms with Crippen LogP contribution in [0.4, 0.5) is 0 Å². The van der Waals surface area contributed by atoms with Crippen LogP contribution in [0.2, 0.25) is 0 Å². The van der Waals surface area contributed by atoms with Gasteiger partial charge in [-0.25, -0.2) is 0 Å². The number of benzene rings is 3. The second kappa shape index (κ2) is 7.79. The summed E-state index contributed by atoms with van der Waals surface area (Å²) in [7, 11) is -0.642. The zero-order valence-electron chi connectivity index (χ0n) is 15.3. The predicted molar refractivity (Wildman–Crippen MR) is 108 cm³/mol. The lowest BCUT2D eigenvalue weighted by Gasteiger charge is -2.23. The third kappa shape index (κ3) is 4.36. The number of hydrogen-bond acceptors (Lipinski definition) is 2. The van der Waals surface area contributed by atoms with Crippen LogP contribution in [0.25, 0.3) is 0 Å². The van der Waals surface area contributed by atoms with E-state index >= 15 is 0 Å². The van der Waals surface area contributed by atoms with E-state index < -0.39 is 16.3 Å². The summed E-state index contributed by atoms with van der Waals surface area (Å²) < 4.78 is 5.49. The molecule has 0 aromatic heterocycles. The molecular weight excluding hydrogens is 340 g/mol. The molecule has 3 heteroatoms. The van der Waals surface area contributed by atoms with Gasteiger partial charge in [0.1, 0.15) is 5.75 Å². The Morgan fingerprint density at radius 3 is 1.54 bits per heavy atom. The lowest BCUT2D eigenvalue weighted by atomic mass is 9.97. The molecule has 0 heterocycles. The number of carbonyl (C=O) groups is 1. The molecule has 0 unspecified atom stereocenters. The highest BCUT2D eigenvalue weighted by atomic mass is 32.2. The second-order valence-electron chi connectivity index (χ2n) is 7.14. The monoisotopic (exact) mass is 364 g/mol. The van der Waals surface area contributed by atoms with E-state index in [1.165, 1.54) is 14.7 Å². The Kier molecular flexibility index (Phi) is 5.48. The quantitative estimate of drug-likeness (QED) is 0.343. The highest BCUT2D eigenvalue weighted by Crippen LogP contribution is 2.51. The fourth-order valence-corrected chi connectivity index (χ4v) is 4.81. The average Bonchev–Trinajstić information content (AvgIpc) is 2.64. The summed E-state index contributed by atoms with van der Waals surface area (Å²) in [6.07, 6.45) is 0. The summed E-state index contributed by atoms with van der Waals surface area (Å²) in [4.78, 5) is 15.9. The minimum Gasteiger partial charge on any atom is -0.426 e. The molecule has 26 heavy (non-hydrogen) atoms. The Bertz CT molecular complexity index is 811. The van der Waals surface area contributed by atoms with Crippen LogP contribution in [0.3, 0.4) is 0 Å². The van der Waals surface area contributed by atoms with E-state index in [-0.39, 0.29) is 5.97 Å². The molecule has 0 N–H and O–H groups in total. The molecule has 0 radical (unpaired) electrons. The number of rotatable bonds is 4. The maximum absolute atomic E-state index is 12.1. The molecule has 0 aliphatic carbocycles. The Hall–Kier alpha value is -2.52. The number of carbonyl (C=O) groups excluding carboxylic acids is 1. The van der Waals surface area contributed by atoms with Crippen LogP contribution in [-0.4, -0.2) is 5.97 Å². The average molecular weight is 365 g/mol. The van der Waals surface area contributed by atoms with Gasteiger partial charge in [0, 0.05) is 0 Å². The van der Waals surface area contributed by atoms with E-state index in [2.05, 4.69) is 60.7 Å². The summed E-state index contributed by atoms with van der Waals surface area (Å²) >= 11 is 0. The molecule has 2 nitrogen and oxygen atoms in total. The van der Waals surface area contributed by atoms with Crippen molar-refractivity contribution in [2.75, 3.05) is 0 Å². The van der Waals surface area contributed by atoms with Gasteiger partial charge < -0.3 is 4.74 Å². The van der Waals surface area contributed by atoms with E-state index in [9.17, 15) is 4.79 Å². The maximum atomic E-state index is 12.1. The standard InChI is InChI=1S/C23H24O2S/c1-23(2,3)22(24)25-18-14-16-21(17-15-18)26(19-10-6-4-7-11-19)20-12-8-5-9-13-20/h4-17,26H,1-3H3. The topological polar surface area (TPSA) is 26.3 Å². The minimum absolute atomic E-state index is 0.223. The van der Waals surface area contributed by atoms with Crippen LogP contribution in [0, 0.1) is 5.41 Å². The first-order valence-electron chi connectivity index (χ1n) is 8.68. The molecule has 0 bridgehead atoms. The fourth-order valence-electron chi connectivity index (χ4n) is 2.52. The minimum atomic E-state index is -0.642. The van der Waals surface area contributed by atoms with E-state index in [1.54, 1.807) is 0 Å². The highest BCUT2D eigenvalue weighted by molar-refractivity contribution is 8.17. The molecule has 0 amide bonds. The molecule has 3 aromatic carbocycles. The molecule has 134 valence electrons. The van der Waals surface area contributed by atoms with E-state index in [4.69, 9.17) is 4.74 Å². The smallest absolute Gasteiger partial charge is 0.316 e. The summed E-state index contributed by atoms with van der Waals surface area (Å²) in [5.74, 6) is 0.364. The van der Waals surface area contributed by atoms with Crippen molar-refractivity contribution in [2.45, 2.75) is 35.5 Å². The van der Waals surface area contributed by atoms with Gasteiger partial charge >= 0.3 is 5.97 Å². The van der Waals surface area contributed by atoms with Crippen molar-refractivity contribution < 1.29 is 9.53 Å². The molecule has 0 aliphatic heterocycles. The first-order chi connectivity index (χ1) is 12.4. The highest BCUT2D eigenvalue weighted by Gasteiger charge is 2.23. The fraction of sp³-hybridized carbons (Fsp3) is 0.174. The zero-order chi connectivity index (χ0) is 18.6. The number of thiol groups is 1. The predicted octanol–water partition coefficient (Wildman–Crippen LogP) is 6.12. The summed E-state index contributed by atoms with van der Waals surface area (Å²) in [5, 5.41) is 0. The van der Waals surface area contributed by atoms with Gasteiger partial charge in [-0.1, -0.05) is 36.4 Å². The van der Waals surface area contributed by atoms with Crippen LogP contribution in [-0.2, 0) is 4.79 Å². The first-order valence-corrected chi connectivity index (χ1v) is 10.0.